The predicted octanol–water partition coefficient (Wildman–Crippen LogP) is 3.25. The number of likely N-dealkylation sites (N-methyl/N-ethyl adjacent to an activating group) is 1. The molecule has 0 saturated carbocycles. The van der Waals surface area contributed by atoms with Crippen molar-refractivity contribution in [2.75, 3.05) is 13.7 Å². The Kier molecular flexibility index (Phi) is 4.07. The van der Waals surface area contributed by atoms with Crippen LogP contribution in [-0.4, -0.2) is 19.7 Å². The summed E-state index contributed by atoms with van der Waals surface area (Å²) in [5.74, 6) is 1.10. The van der Waals surface area contributed by atoms with Crippen LogP contribution in [0.5, 0.6) is 0 Å². The van der Waals surface area contributed by atoms with E-state index in [1.54, 1.807) is 0 Å². The van der Waals surface area contributed by atoms with Crippen molar-refractivity contribution in [2.24, 2.45) is 0 Å². The molecular weight excluding hydrogens is 222 g/mol. The zero-order chi connectivity index (χ0) is 13.0. The van der Waals surface area contributed by atoms with Crippen molar-refractivity contribution in [3.63, 3.8) is 0 Å². The van der Waals surface area contributed by atoms with Crippen molar-refractivity contribution >= 4 is 0 Å². The fourth-order valence-corrected chi connectivity index (χ4v) is 2.67. The summed E-state index contributed by atoms with van der Waals surface area (Å²) in [4.78, 5) is 0. The highest BCUT2D eigenvalue weighted by molar-refractivity contribution is 5.29. The van der Waals surface area contributed by atoms with E-state index in [4.69, 9.17) is 4.74 Å². The minimum absolute atomic E-state index is 0.0131. The van der Waals surface area contributed by atoms with Crippen LogP contribution < -0.4 is 5.32 Å². The molecule has 1 unspecified atom stereocenters. The van der Waals surface area contributed by atoms with Crippen LogP contribution in [0.1, 0.15) is 32.3 Å². The molecule has 2 nitrogen and oxygen atoms in total. The van der Waals surface area contributed by atoms with Gasteiger partial charge >= 0.3 is 0 Å². The van der Waals surface area contributed by atoms with Gasteiger partial charge in [-0.15, -0.1) is 0 Å². The highest BCUT2D eigenvalue weighted by Gasteiger charge is 2.34. The maximum absolute atomic E-state index is 5.84. The third-order valence-corrected chi connectivity index (χ3v) is 3.78. The highest BCUT2D eigenvalue weighted by Crippen LogP contribution is 2.32. The van der Waals surface area contributed by atoms with Gasteiger partial charge in [0.1, 0.15) is 5.76 Å². The van der Waals surface area contributed by atoms with E-state index < -0.39 is 0 Å². The molecule has 0 fully saturated rings. The van der Waals surface area contributed by atoms with Crippen LogP contribution in [0.4, 0.5) is 0 Å². The quantitative estimate of drug-likeness (QED) is 0.879. The average Bonchev–Trinajstić information content (AvgIpc) is 2.41. The van der Waals surface area contributed by atoms with E-state index in [0.29, 0.717) is 0 Å². The largest absolute Gasteiger partial charge is 0.497 e. The van der Waals surface area contributed by atoms with E-state index in [9.17, 15) is 0 Å². The lowest BCUT2D eigenvalue weighted by molar-refractivity contribution is 0.150. The third kappa shape index (κ3) is 2.59. The van der Waals surface area contributed by atoms with Crippen molar-refractivity contribution < 1.29 is 4.74 Å². The topological polar surface area (TPSA) is 21.3 Å². The summed E-state index contributed by atoms with van der Waals surface area (Å²) in [6, 6.07) is 10.9. The smallest absolute Gasteiger partial charge is 0.110 e. The average molecular weight is 245 g/mol. The number of benzene rings is 1. The van der Waals surface area contributed by atoms with Crippen molar-refractivity contribution in [1.82, 2.24) is 5.32 Å². The fourth-order valence-electron chi connectivity index (χ4n) is 2.67. The molecule has 1 aliphatic heterocycles. The van der Waals surface area contributed by atoms with Gasteiger partial charge in [-0.3, -0.25) is 0 Å². The Morgan fingerprint density at radius 1 is 1.22 bits per heavy atom. The van der Waals surface area contributed by atoms with Gasteiger partial charge in [-0.2, -0.15) is 0 Å². The lowest BCUT2D eigenvalue weighted by atomic mass is 9.76. The predicted molar refractivity (Wildman–Crippen MR) is 75.6 cm³/mol. The van der Waals surface area contributed by atoms with E-state index in [1.807, 2.05) is 7.05 Å². The standard InChI is InChI=1S/C16H23NO/c1-16(2,13-9-5-4-6-10-13)15(17-3)14-11-7-8-12-18-14/h4-6,9-11,15,17H,7-8,12H2,1-3H3. The summed E-state index contributed by atoms with van der Waals surface area (Å²) < 4.78 is 5.84. The van der Waals surface area contributed by atoms with Crippen LogP contribution in [0.3, 0.4) is 0 Å². The maximum Gasteiger partial charge on any atom is 0.110 e. The molecule has 18 heavy (non-hydrogen) atoms. The molecule has 1 heterocycles. The lowest BCUT2D eigenvalue weighted by Crippen LogP contribution is -2.45. The third-order valence-electron chi connectivity index (χ3n) is 3.78. The number of hydrogen-bond acceptors (Lipinski definition) is 2. The summed E-state index contributed by atoms with van der Waals surface area (Å²) in [5, 5.41) is 3.42. The number of hydrogen-bond donors (Lipinski definition) is 1. The van der Waals surface area contributed by atoms with E-state index in [2.05, 4.69) is 55.6 Å². The minimum Gasteiger partial charge on any atom is -0.497 e. The zero-order valence-corrected chi connectivity index (χ0v) is 11.6. The van der Waals surface area contributed by atoms with Gasteiger partial charge in [-0.05, 0) is 31.5 Å². The molecule has 1 aromatic rings. The van der Waals surface area contributed by atoms with E-state index in [1.165, 1.54) is 5.56 Å². The van der Waals surface area contributed by atoms with Gasteiger partial charge in [-0.25, -0.2) is 0 Å². The summed E-state index contributed by atoms with van der Waals surface area (Å²) in [6.07, 6.45) is 4.49. The molecule has 0 aliphatic carbocycles. The van der Waals surface area contributed by atoms with Gasteiger partial charge in [0.15, 0.2) is 0 Å². The number of nitrogens with one attached hydrogen (secondary N) is 1. The van der Waals surface area contributed by atoms with Crippen molar-refractivity contribution in [2.45, 2.75) is 38.1 Å². The van der Waals surface area contributed by atoms with Crippen LogP contribution in [-0.2, 0) is 10.2 Å². The van der Waals surface area contributed by atoms with Gasteiger partial charge in [0, 0.05) is 5.41 Å². The zero-order valence-electron chi connectivity index (χ0n) is 11.6. The molecule has 2 rings (SSSR count). The molecule has 1 aromatic carbocycles. The molecule has 1 aliphatic rings. The van der Waals surface area contributed by atoms with E-state index >= 15 is 0 Å². The van der Waals surface area contributed by atoms with E-state index in [-0.39, 0.29) is 11.5 Å². The number of rotatable bonds is 4. The molecular formula is C16H23NO. The van der Waals surface area contributed by atoms with Gasteiger partial charge in [-0.1, -0.05) is 44.2 Å². The summed E-state index contributed by atoms with van der Waals surface area (Å²) in [7, 11) is 2.01. The molecule has 0 spiro atoms. The first-order valence-electron chi connectivity index (χ1n) is 6.72. The van der Waals surface area contributed by atoms with Gasteiger partial charge in [0.2, 0.25) is 0 Å². The molecule has 2 heteroatoms. The van der Waals surface area contributed by atoms with Crippen LogP contribution in [0.2, 0.25) is 0 Å². The van der Waals surface area contributed by atoms with Crippen LogP contribution in [0.15, 0.2) is 42.2 Å². The Morgan fingerprint density at radius 2 is 1.94 bits per heavy atom. The summed E-state index contributed by atoms with van der Waals surface area (Å²) in [5.41, 5.74) is 1.35. The first-order chi connectivity index (χ1) is 8.66. The SMILES string of the molecule is CNC(C1=CCCCO1)C(C)(C)c1ccccc1. The number of ether oxygens (including phenoxy) is 1. The molecule has 1 N–H and O–H groups in total. The van der Waals surface area contributed by atoms with Crippen molar-refractivity contribution in [3.8, 4) is 0 Å². The monoisotopic (exact) mass is 245 g/mol. The molecule has 98 valence electrons. The molecule has 0 saturated heterocycles. The first kappa shape index (κ1) is 13.2. The fraction of sp³-hybridized carbons (Fsp3) is 0.500. The van der Waals surface area contributed by atoms with Gasteiger partial charge < -0.3 is 10.1 Å². The Hall–Kier alpha value is -1.28. The Balaban J connectivity index is 2.28. The summed E-state index contributed by atoms with van der Waals surface area (Å²) >= 11 is 0. The highest BCUT2D eigenvalue weighted by atomic mass is 16.5. The van der Waals surface area contributed by atoms with Gasteiger partial charge in [0.05, 0.1) is 12.6 Å². The molecule has 0 aromatic heterocycles. The van der Waals surface area contributed by atoms with Crippen LogP contribution >= 0.6 is 0 Å². The Labute approximate surface area is 110 Å². The Bertz CT molecular complexity index is 408. The lowest BCUT2D eigenvalue weighted by Gasteiger charge is -2.37. The van der Waals surface area contributed by atoms with Crippen LogP contribution in [0, 0.1) is 0 Å². The summed E-state index contributed by atoms with van der Waals surface area (Å²) in [6.45, 7) is 5.37. The molecule has 0 radical (unpaired) electrons. The Morgan fingerprint density at radius 3 is 2.50 bits per heavy atom. The first-order valence-corrected chi connectivity index (χ1v) is 6.72. The van der Waals surface area contributed by atoms with Crippen molar-refractivity contribution in [3.05, 3.63) is 47.7 Å². The second kappa shape index (κ2) is 5.57. The van der Waals surface area contributed by atoms with Gasteiger partial charge in [0.25, 0.3) is 0 Å². The number of allylic oxidation sites excluding steroid dienone is 1. The molecule has 0 bridgehead atoms. The maximum atomic E-state index is 5.84. The van der Waals surface area contributed by atoms with Crippen molar-refractivity contribution in [1.29, 1.82) is 0 Å². The second-order valence-electron chi connectivity index (χ2n) is 5.41. The minimum atomic E-state index is 0.0131. The van der Waals surface area contributed by atoms with E-state index in [0.717, 1.165) is 25.2 Å². The molecule has 1 atom stereocenters. The molecule has 0 amide bonds. The van der Waals surface area contributed by atoms with Crippen LogP contribution in [0.25, 0.3) is 0 Å². The normalized spacial score (nSPS) is 17.8. The second-order valence-corrected chi connectivity index (χ2v) is 5.41.